The maximum absolute atomic E-state index is 11.5. The van der Waals surface area contributed by atoms with Crippen molar-refractivity contribution in [1.82, 2.24) is 15.3 Å². The summed E-state index contributed by atoms with van der Waals surface area (Å²) in [5.74, 6) is -0.0264. The third kappa shape index (κ3) is 3.58. The molecule has 0 spiro atoms. The van der Waals surface area contributed by atoms with Crippen LogP contribution in [0.15, 0.2) is 12.4 Å². The Kier molecular flexibility index (Phi) is 4.37. The second-order valence-corrected chi connectivity index (χ2v) is 4.14. The van der Waals surface area contributed by atoms with E-state index in [0.717, 1.165) is 11.4 Å². The zero-order valence-corrected chi connectivity index (χ0v) is 9.90. The molecule has 1 rings (SSSR count). The number of nitrogens with zero attached hydrogens (tertiary/aromatic N) is 2. The Morgan fingerprint density at radius 2 is 2.12 bits per heavy atom. The molecular weight excluding hydrogens is 204 g/mol. The molecule has 1 heterocycles. The monoisotopic (exact) mass is 222 g/mol. The molecule has 1 atom stereocenters. The number of nitrogens with two attached hydrogens (primary N) is 1. The van der Waals surface area contributed by atoms with Crippen LogP contribution < -0.4 is 11.1 Å². The highest BCUT2D eigenvalue weighted by Crippen LogP contribution is 1.99. The third-order valence-corrected chi connectivity index (χ3v) is 2.30. The van der Waals surface area contributed by atoms with E-state index in [1.165, 1.54) is 0 Å². The summed E-state index contributed by atoms with van der Waals surface area (Å²) >= 11 is 0. The number of hydrogen-bond acceptors (Lipinski definition) is 4. The van der Waals surface area contributed by atoms with E-state index in [-0.39, 0.29) is 11.8 Å². The lowest BCUT2D eigenvalue weighted by molar-refractivity contribution is -0.123. The fourth-order valence-electron chi connectivity index (χ4n) is 1.11. The van der Waals surface area contributed by atoms with Gasteiger partial charge in [-0.15, -0.1) is 0 Å². The van der Waals surface area contributed by atoms with Gasteiger partial charge in [-0.2, -0.15) is 0 Å². The van der Waals surface area contributed by atoms with Gasteiger partial charge < -0.3 is 11.1 Å². The maximum atomic E-state index is 11.5. The van der Waals surface area contributed by atoms with Crippen molar-refractivity contribution < 1.29 is 4.79 Å². The van der Waals surface area contributed by atoms with E-state index in [1.54, 1.807) is 12.4 Å². The Balaban J connectivity index is 2.46. The van der Waals surface area contributed by atoms with Crippen LogP contribution in [-0.2, 0) is 11.3 Å². The van der Waals surface area contributed by atoms with Crippen LogP contribution in [0.5, 0.6) is 0 Å². The summed E-state index contributed by atoms with van der Waals surface area (Å²) in [6.07, 6.45) is 3.32. The van der Waals surface area contributed by atoms with Crippen molar-refractivity contribution in [3.63, 3.8) is 0 Å². The number of amides is 1. The van der Waals surface area contributed by atoms with Crippen molar-refractivity contribution in [2.45, 2.75) is 33.4 Å². The van der Waals surface area contributed by atoms with Gasteiger partial charge in [-0.05, 0) is 12.8 Å². The van der Waals surface area contributed by atoms with Crippen molar-refractivity contribution in [3.8, 4) is 0 Å². The SMILES string of the molecule is Cc1cnc(CNC(=O)C(N)C(C)C)cn1. The molecule has 0 radical (unpaired) electrons. The van der Waals surface area contributed by atoms with Crippen LogP contribution in [0.4, 0.5) is 0 Å². The number of aryl methyl sites for hydroxylation is 1. The minimum Gasteiger partial charge on any atom is -0.349 e. The summed E-state index contributed by atoms with van der Waals surface area (Å²) in [4.78, 5) is 19.8. The minimum absolute atomic E-state index is 0.129. The first kappa shape index (κ1) is 12.6. The lowest BCUT2D eigenvalue weighted by Gasteiger charge is -2.14. The van der Waals surface area contributed by atoms with Gasteiger partial charge >= 0.3 is 0 Å². The van der Waals surface area contributed by atoms with Gasteiger partial charge in [0.05, 0.1) is 30.2 Å². The van der Waals surface area contributed by atoms with Crippen molar-refractivity contribution >= 4 is 5.91 Å². The molecule has 0 bridgehead atoms. The predicted molar refractivity (Wildman–Crippen MR) is 61.4 cm³/mol. The molecule has 1 aromatic rings. The molecule has 16 heavy (non-hydrogen) atoms. The minimum atomic E-state index is -0.474. The van der Waals surface area contributed by atoms with E-state index in [1.807, 2.05) is 20.8 Å². The van der Waals surface area contributed by atoms with E-state index in [0.29, 0.717) is 6.54 Å². The molecule has 0 fully saturated rings. The lowest BCUT2D eigenvalue weighted by Crippen LogP contribution is -2.43. The highest BCUT2D eigenvalue weighted by atomic mass is 16.2. The number of carbonyl (C=O) groups excluding carboxylic acids is 1. The van der Waals surface area contributed by atoms with Gasteiger partial charge in [-0.1, -0.05) is 13.8 Å². The Labute approximate surface area is 95.5 Å². The maximum Gasteiger partial charge on any atom is 0.237 e. The molecule has 0 aliphatic rings. The van der Waals surface area contributed by atoms with Crippen LogP contribution in [0, 0.1) is 12.8 Å². The summed E-state index contributed by atoms with van der Waals surface area (Å²) in [5.41, 5.74) is 7.29. The van der Waals surface area contributed by atoms with Crippen LogP contribution in [0.25, 0.3) is 0 Å². The van der Waals surface area contributed by atoms with Gasteiger partial charge in [0.15, 0.2) is 0 Å². The molecule has 3 N–H and O–H groups in total. The average molecular weight is 222 g/mol. The number of nitrogens with one attached hydrogen (secondary N) is 1. The summed E-state index contributed by atoms with van der Waals surface area (Å²) in [6, 6.07) is -0.474. The number of rotatable bonds is 4. The Bertz CT molecular complexity index is 348. The second-order valence-electron chi connectivity index (χ2n) is 4.14. The second kappa shape index (κ2) is 5.55. The summed E-state index contributed by atoms with van der Waals surface area (Å²) in [7, 11) is 0. The normalized spacial score (nSPS) is 12.6. The summed E-state index contributed by atoms with van der Waals surface area (Å²) < 4.78 is 0. The van der Waals surface area contributed by atoms with Crippen LogP contribution >= 0.6 is 0 Å². The van der Waals surface area contributed by atoms with Gasteiger partial charge in [0.1, 0.15) is 0 Å². The molecule has 1 amide bonds. The molecule has 0 aliphatic carbocycles. The predicted octanol–water partition coefficient (Wildman–Crippen LogP) is 0.385. The largest absolute Gasteiger partial charge is 0.349 e. The van der Waals surface area contributed by atoms with Gasteiger partial charge in [0, 0.05) is 6.20 Å². The lowest BCUT2D eigenvalue weighted by atomic mass is 10.1. The number of hydrogen-bond donors (Lipinski definition) is 2. The molecule has 0 saturated carbocycles. The Morgan fingerprint density at radius 3 is 2.62 bits per heavy atom. The van der Waals surface area contributed by atoms with Crippen LogP contribution in [0.1, 0.15) is 25.2 Å². The van der Waals surface area contributed by atoms with Gasteiger partial charge in [0.25, 0.3) is 0 Å². The number of aromatic nitrogens is 2. The molecule has 0 saturated heterocycles. The summed E-state index contributed by atoms with van der Waals surface area (Å²) in [5, 5.41) is 2.73. The van der Waals surface area contributed by atoms with Crippen LogP contribution in [-0.4, -0.2) is 21.9 Å². The molecule has 0 aromatic carbocycles. The standard InChI is InChI=1S/C11H18N4O/c1-7(2)10(12)11(16)15-6-9-5-13-8(3)4-14-9/h4-5,7,10H,6,12H2,1-3H3,(H,15,16). The van der Waals surface area contributed by atoms with E-state index in [9.17, 15) is 4.79 Å². The fraction of sp³-hybridized carbons (Fsp3) is 0.545. The first-order valence-electron chi connectivity index (χ1n) is 5.31. The topological polar surface area (TPSA) is 80.9 Å². The molecule has 5 heteroatoms. The third-order valence-electron chi connectivity index (χ3n) is 2.30. The quantitative estimate of drug-likeness (QED) is 0.772. The zero-order valence-electron chi connectivity index (χ0n) is 9.90. The highest BCUT2D eigenvalue weighted by molar-refractivity contribution is 5.81. The zero-order chi connectivity index (χ0) is 12.1. The van der Waals surface area contributed by atoms with E-state index in [2.05, 4.69) is 15.3 Å². The van der Waals surface area contributed by atoms with Crippen LogP contribution in [0.2, 0.25) is 0 Å². The smallest absolute Gasteiger partial charge is 0.237 e. The van der Waals surface area contributed by atoms with Crippen molar-refractivity contribution in [1.29, 1.82) is 0 Å². The Hall–Kier alpha value is -1.49. The first-order chi connectivity index (χ1) is 7.50. The van der Waals surface area contributed by atoms with Crippen molar-refractivity contribution in [2.75, 3.05) is 0 Å². The number of carbonyl (C=O) groups is 1. The molecule has 88 valence electrons. The van der Waals surface area contributed by atoms with Gasteiger partial charge in [-0.3, -0.25) is 14.8 Å². The Morgan fingerprint density at radius 1 is 1.44 bits per heavy atom. The van der Waals surface area contributed by atoms with Crippen molar-refractivity contribution in [3.05, 3.63) is 23.8 Å². The van der Waals surface area contributed by atoms with Crippen molar-refractivity contribution in [2.24, 2.45) is 11.7 Å². The fourth-order valence-corrected chi connectivity index (χ4v) is 1.11. The highest BCUT2D eigenvalue weighted by Gasteiger charge is 2.16. The first-order valence-corrected chi connectivity index (χ1v) is 5.31. The molecule has 1 unspecified atom stereocenters. The van der Waals surface area contributed by atoms with Gasteiger partial charge in [-0.25, -0.2) is 0 Å². The molecular formula is C11H18N4O. The van der Waals surface area contributed by atoms with Crippen LogP contribution in [0.3, 0.4) is 0 Å². The van der Waals surface area contributed by atoms with E-state index < -0.39 is 6.04 Å². The molecule has 1 aromatic heterocycles. The molecule has 5 nitrogen and oxygen atoms in total. The average Bonchev–Trinajstić information content (AvgIpc) is 2.26. The van der Waals surface area contributed by atoms with E-state index >= 15 is 0 Å². The van der Waals surface area contributed by atoms with E-state index in [4.69, 9.17) is 5.73 Å². The summed E-state index contributed by atoms with van der Waals surface area (Å²) in [6.45, 7) is 6.06. The molecule has 0 aliphatic heterocycles. The van der Waals surface area contributed by atoms with Gasteiger partial charge in [0.2, 0.25) is 5.91 Å².